The van der Waals surface area contributed by atoms with Crippen LogP contribution in [-0.2, 0) is 0 Å². The first kappa shape index (κ1) is 5.63. The van der Waals surface area contributed by atoms with Crippen molar-refractivity contribution in [3.8, 4) is 0 Å². The minimum Gasteiger partial charge on any atom is -0.364 e. The van der Waals surface area contributed by atoms with Crippen LogP contribution in [0.5, 0.6) is 0 Å². The fraction of sp³-hybridized carbons (Fsp3) is 0.667. The van der Waals surface area contributed by atoms with Crippen molar-refractivity contribution in [3.05, 3.63) is 12.3 Å². The van der Waals surface area contributed by atoms with E-state index in [-0.39, 0.29) is 0 Å². The molecule has 0 atom stereocenters. The van der Waals surface area contributed by atoms with Gasteiger partial charge in [-0.25, -0.2) is 0 Å². The summed E-state index contributed by atoms with van der Waals surface area (Å²) in [5.74, 6) is 0. The lowest BCUT2D eigenvalue weighted by atomic mass is 10.6. The molecule has 0 amide bonds. The van der Waals surface area contributed by atoms with Gasteiger partial charge in [-0.3, -0.25) is 5.32 Å². The van der Waals surface area contributed by atoms with Crippen LogP contribution >= 0.6 is 0 Å². The zero-order valence-corrected chi connectivity index (χ0v) is 5.22. The van der Waals surface area contributed by atoms with Gasteiger partial charge in [0.15, 0.2) is 0 Å². The van der Waals surface area contributed by atoms with Crippen LogP contribution in [0.15, 0.2) is 12.3 Å². The number of allylic oxidation sites excluding steroid dienone is 1. The van der Waals surface area contributed by atoms with E-state index in [9.17, 15) is 0 Å². The average Bonchev–Trinajstić information content (AvgIpc) is 2.19. The Morgan fingerprint density at radius 3 is 3.00 bits per heavy atom. The Balaban J connectivity index is 2.24. The molecule has 2 nitrogen and oxygen atoms in total. The fourth-order valence-corrected chi connectivity index (χ4v) is 0.862. The van der Waals surface area contributed by atoms with E-state index in [4.69, 9.17) is 0 Å². The zero-order valence-electron chi connectivity index (χ0n) is 5.22. The highest BCUT2D eigenvalue weighted by molar-refractivity contribution is 4.81. The van der Waals surface area contributed by atoms with Gasteiger partial charge in [-0.1, -0.05) is 6.08 Å². The van der Waals surface area contributed by atoms with E-state index < -0.39 is 0 Å². The minimum atomic E-state index is 1.02. The molecule has 0 aromatic rings. The van der Waals surface area contributed by atoms with Crippen LogP contribution < -0.4 is 5.32 Å². The van der Waals surface area contributed by atoms with Gasteiger partial charge in [-0.05, 0) is 13.1 Å². The normalized spacial score (nSPS) is 20.9. The standard InChI is InChI=1S/C6H12N2/c1-2-4-8-5-3-7-6-8/h2,4,7H,3,5-6H2,1H3. The molecule has 8 heavy (non-hydrogen) atoms. The molecule has 46 valence electrons. The predicted molar refractivity (Wildman–Crippen MR) is 34.4 cm³/mol. The molecule has 0 aromatic carbocycles. The number of nitrogens with zero attached hydrogens (tertiary/aromatic N) is 1. The van der Waals surface area contributed by atoms with Crippen LogP contribution in [0.1, 0.15) is 6.92 Å². The third-order valence-corrected chi connectivity index (χ3v) is 1.25. The molecule has 0 bridgehead atoms. The van der Waals surface area contributed by atoms with Gasteiger partial charge in [0, 0.05) is 13.1 Å². The van der Waals surface area contributed by atoms with Gasteiger partial charge >= 0.3 is 0 Å². The van der Waals surface area contributed by atoms with E-state index in [1.807, 2.05) is 6.92 Å². The summed E-state index contributed by atoms with van der Waals surface area (Å²) in [7, 11) is 0. The maximum Gasteiger partial charge on any atom is 0.0677 e. The van der Waals surface area contributed by atoms with Crippen molar-refractivity contribution in [1.29, 1.82) is 0 Å². The van der Waals surface area contributed by atoms with E-state index in [1.165, 1.54) is 0 Å². The second-order valence-electron chi connectivity index (χ2n) is 1.95. The van der Waals surface area contributed by atoms with Crippen molar-refractivity contribution in [2.24, 2.45) is 0 Å². The smallest absolute Gasteiger partial charge is 0.0677 e. The maximum absolute atomic E-state index is 3.23. The molecule has 0 radical (unpaired) electrons. The third kappa shape index (κ3) is 1.23. The van der Waals surface area contributed by atoms with Crippen LogP contribution in [0.3, 0.4) is 0 Å². The predicted octanol–water partition coefficient (Wildman–Crippen LogP) is 0.383. The molecule has 1 rings (SSSR count). The van der Waals surface area contributed by atoms with Gasteiger partial charge in [0.1, 0.15) is 0 Å². The number of hydrogen-bond donors (Lipinski definition) is 1. The van der Waals surface area contributed by atoms with E-state index in [0.717, 1.165) is 19.8 Å². The van der Waals surface area contributed by atoms with E-state index in [2.05, 4.69) is 22.5 Å². The Bertz CT molecular complexity index is 82.5. The summed E-state index contributed by atoms with van der Waals surface area (Å²) >= 11 is 0. The van der Waals surface area contributed by atoms with Gasteiger partial charge in [0.05, 0.1) is 6.67 Å². The topological polar surface area (TPSA) is 15.3 Å². The van der Waals surface area contributed by atoms with Gasteiger partial charge in [0.2, 0.25) is 0 Å². The van der Waals surface area contributed by atoms with Gasteiger partial charge < -0.3 is 4.90 Å². The first-order chi connectivity index (χ1) is 3.93. The summed E-state index contributed by atoms with van der Waals surface area (Å²) in [5.41, 5.74) is 0. The van der Waals surface area contributed by atoms with Crippen molar-refractivity contribution in [2.75, 3.05) is 19.8 Å². The van der Waals surface area contributed by atoms with Crippen LogP contribution in [0.25, 0.3) is 0 Å². The van der Waals surface area contributed by atoms with Gasteiger partial charge in [0.25, 0.3) is 0 Å². The Hall–Kier alpha value is -0.500. The Labute approximate surface area is 50.2 Å². The fourth-order valence-electron chi connectivity index (χ4n) is 0.862. The molecular weight excluding hydrogens is 100 g/mol. The summed E-state index contributed by atoms with van der Waals surface area (Å²) in [4.78, 5) is 2.25. The number of nitrogens with one attached hydrogen (secondary N) is 1. The molecule has 0 aromatic heterocycles. The van der Waals surface area contributed by atoms with Crippen molar-refractivity contribution in [2.45, 2.75) is 6.92 Å². The largest absolute Gasteiger partial charge is 0.364 e. The highest BCUT2D eigenvalue weighted by Crippen LogP contribution is 1.91. The highest BCUT2D eigenvalue weighted by Gasteiger charge is 2.03. The van der Waals surface area contributed by atoms with Gasteiger partial charge in [-0.2, -0.15) is 0 Å². The summed E-state index contributed by atoms with van der Waals surface area (Å²) in [6.45, 7) is 5.34. The lowest BCUT2D eigenvalue weighted by molar-refractivity contribution is 0.461. The monoisotopic (exact) mass is 112 g/mol. The number of hydrogen-bond acceptors (Lipinski definition) is 2. The average molecular weight is 112 g/mol. The molecule has 1 aliphatic rings. The first-order valence-corrected chi connectivity index (χ1v) is 3.01. The minimum absolute atomic E-state index is 1.02. The SMILES string of the molecule is CC=CN1CCNC1. The molecule has 1 saturated heterocycles. The molecule has 1 heterocycles. The molecular formula is C6H12N2. The second kappa shape index (κ2) is 2.72. The molecule has 1 aliphatic heterocycles. The Morgan fingerprint density at radius 2 is 2.50 bits per heavy atom. The molecule has 1 N–H and O–H groups in total. The number of rotatable bonds is 1. The van der Waals surface area contributed by atoms with Crippen LogP contribution in [-0.4, -0.2) is 24.7 Å². The molecule has 0 saturated carbocycles. The van der Waals surface area contributed by atoms with Crippen molar-refractivity contribution in [1.82, 2.24) is 10.2 Å². The first-order valence-electron chi connectivity index (χ1n) is 3.01. The molecule has 0 spiro atoms. The van der Waals surface area contributed by atoms with E-state index >= 15 is 0 Å². The summed E-state index contributed by atoms with van der Waals surface area (Å²) in [6.07, 6.45) is 4.17. The van der Waals surface area contributed by atoms with Crippen molar-refractivity contribution >= 4 is 0 Å². The summed E-state index contributed by atoms with van der Waals surface area (Å²) < 4.78 is 0. The lowest BCUT2D eigenvalue weighted by Crippen LogP contribution is -2.14. The molecule has 1 fully saturated rings. The zero-order chi connectivity index (χ0) is 5.82. The maximum atomic E-state index is 3.23. The summed E-state index contributed by atoms with van der Waals surface area (Å²) in [6, 6.07) is 0. The van der Waals surface area contributed by atoms with Crippen molar-refractivity contribution < 1.29 is 0 Å². The lowest BCUT2D eigenvalue weighted by Gasteiger charge is -2.07. The Kier molecular flexibility index (Phi) is 1.92. The van der Waals surface area contributed by atoms with Gasteiger partial charge in [-0.15, -0.1) is 0 Å². The van der Waals surface area contributed by atoms with Crippen LogP contribution in [0.2, 0.25) is 0 Å². The highest BCUT2D eigenvalue weighted by atomic mass is 15.3. The van der Waals surface area contributed by atoms with Crippen LogP contribution in [0.4, 0.5) is 0 Å². The third-order valence-electron chi connectivity index (χ3n) is 1.25. The summed E-state index contributed by atoms with van der Waals surface area (Å²) in [5, 5.41) is 3.23. The van der Waals surface area contributed by atoms with E-state index in [0.29, 0.717) is 0 Å². The second-order valence-corrected chi connectivity index (χ2v) is 1.95. The quantitative estimate of drug-likeness (QED) is 0.527. The molecule has 2 heteroatoms. The Morgan fingerprint density at radius 1 is 1.62 bits per heavy atom. The molecule has 0 unspecified atom stereocenters. The molecule has 0 aliphatic carbocycles. The van der Waals surface area contributed by atoms with Crippen LogP contribution in [0, 0.1) is 0 Å². The van der Waals surface area contributed by atoms with Crippen molar-refractivity contribution in [3.63, 3.8) is 0 Å². The van der Waals surface area contributed by atoms with E-state index in [1.54, 1.807) is 0 Å².